The number of carbonyl (C=O) groups excluding carboxylic acids is 1. The summed E-state index contributed by atoms with van der Waals surface area (Å²) in [5.41, 5.74) is 7.22. The summed E-state index contributed by atoms with van der Waals surface area (Å²) in [6.07, 6.45) is 1.77. The van der Waals surface area contributed by atoms with Gasteiger partial charge in [0, 0.05) is 24.8 Å². The monoisotopic (exact) mass is 219 g/mol. The molecule has 1 fully saturated rings. The van der Waals surface area contributed by atoms with E-state index in [1.54, 1.807) is 6.07 Å². The van der Waals surface area contributed by atoms with Crippen LogP contribution in [0.4, 0.5) is 0 Å². The van der Waals surface area contributed by atoms with Crippen LogP contribution in [0.3, 0.4) is 0 Å². The molecule has 4 heteroatoms. The average molecular weight is 219 g/mol. The summed E-state index contributed by atoms with van der Waals surface area (Å²) in [6, 6.07) is 5.77. The van der Waals surface area contributed by atoms with Crippen molar-refractivity contribution in [3.63, 3.8) is 0 Å². The van der Waals surface area contributed by atoms with Crippen LogP contribution in [0.1, 0.15) is 29.0 Å². The second-order valence-electron chi connectivity index (χ2n) is 4.29. The van der Waals surface area contributed by atoms with Crippen molar-refractivity contribution in [2.24, 2.45) is 5.73 Å². The molecule has 0 unspecified atom stereocenters. The maximum Gasteiger partial charge on any atom is 0.272 e. The Labute approximate surface area is 95.5 Å². The van der Waals surface area contributed by atoms with Crippen molar-refractivity contribution in [3.05, 3.63) is 29.6 Å². The summed E-state index contributed by atoms with van der Waals surface area (Å²) in [6.45, 7) is 3.38. The molecule has 1 aromatic heterocycles. The van der Waals surface area contributed by atoms with Crippen molar-refractivity contribution < 1.29 is 4.79 Å². The first-order valence-electron chi connectivity index (χ1n) is 5.65. The molecule has 2 heterocycles. The number of piperidine rings is 1. The first-order chi connectivity index (χ1) is 7.66. The first kappa shape index (κ1) is 11.1. The number of aromatic nitrogens is 1. The van der Waals surface area contributed by atoms with Crippen molar-refractivity contribution in [2.45, 2.75) is 25.8 Å². The van der Waals surface area contributed by atoms with Crippen LogP contribution in [0.2, 0.25) is 0 Å². The van der Waals surface area contributed by atoms with Crippen LogP contribution >= 0.6 is 0 Å². The fourth-order valence-corrected chi connectivity index (χ4v) is 1.93. The van der Waals surface area contributed by atoms with E-state index in [9.17, 15) is 4.79 Å². The van der Waals surface area contributed by atoms with Crippen LogP contribution in [0.5, 0.6) is 0 Å². The van der Waals surface area contributed by atoms with E-state index >= 15 is 0 Å². The summed E-state index contributed by atoms with van der Waals surface area (Å²) in [5, 5.41) is 0. The van der Waals surface area contributed by atoms with Crippen LogP contribution < -0.4 is 5.73 Å². The summed E-state index contributed by atoms with van der Waals surface area (Å²) < 4.78 is 0. The van der Waals surface area contributed by atoms with Gasteiger partial charge in [0.1, 0.15) is 5.69 Å². The topological polar surface area (TPSA) is 59.2 Å². The summed E-state index contributed by atoms with van der Waals surface area (Å²) in [4.78, 5) is 18.2. The van der Waals surface area contributed by atoms with Crippen molar-refractivity contribution in [3.8, 4) is 0 Å². The van der Waals surface area contributed by atoms with Gasteiger partial charge in [0.15, 0.2) is 0 Å². The molecule has 0 aromatic carbocycles. The normalized spacial score (nSPS) is 17.5. The molecule has 1 aliphatic heterocycles. The minimum Gasteiger partial charge on any atom is -0.337 e. The van der Waals surface area contributed by atoms with Gasteiger partial charge in [-0.2, -0.15) is 0 Å². The highest BCUT2D eigenvalue weighted by Gasteiger charge is 2.22. The highest BCUT2D eigenvalue weighted by atomic mass is 16.2. The lowest BCUT2D eigenvalue weighted by atomic mass is 10.1. The van der Waals surface area contributed by atoms with Gasteiger partial charge in [0.25, 0.3) is 5.91 Å². The molecule has 1 aromatic rings. The Bertz CT molecular complexity index is 384. The molecular weight excluding hydrogens is 202 g/mol. The Morgan fingerprint density at radius 1 is 1.44 bits per heavy atom. The molecule has 0 spiro atoms. The van der Waals surface area contributed by atoms with Gasteiger partial charge in [-0.25, -0.2) is 4.98 Å². The van der Waals surface area contributed by atoms with E-state index in [0.29, 0.717) is 5.69 Å². The van der Waals surface area contributed by atoms with E-state index in [4.69, 9.17) is 5.73 Å². The summed E-state index contributed by atoms with van der Waals surface area (Å²) >= 11 is 0. The van der Waals surface area contributed by atoms with E-state index in [1.807, 2.05) is 24.0 Å². The molecule has 2 rings (SSSR count). The standard InChI is InChI=1S/C12H17N3O/c1-9-3-2-4-11(14-9)12(16)15-7-5-10(13)6-8-15/h2-4,10H,5-8,13H2,1H3. The SMILES string of the molecule is Cc1cccc(C(=O)N2CCC(N)CC2)n1. The van der Waals surface area contributed by atoms with Crippen molar-refractivity contribution in [1.82, 2.24) is 9.88 Å². The molecule has 2 N–H and O–H groups in total. The van der Waals surface area contributed by atoms with Crippen molar-refractivity contribution in [2.75, 3.05) is 13.1 Å². The smallest absolute Gasteiger partial charge is 0.272 e. The fourth-order valence-electron chi connectivity index (χ4n) is 1.93. The van der Waals surface area contributed by atoms with Gasteiger partial charge in [-0.1, -0.05) is 6.07 Å². The number of likely N-dealkylation sites (tertiary alicyclic amines) is 1. The largest absolute Gasteiger partial charge is 0.337 e. The lowest BCUT2D eigenvalue weighted by Gasteiger charge is -2.29. The molecule has 0 aliphatic carbocycles. The van der Waals surface area contributed by atoms with Gasteiger partial charge in [-0.3, -0.25) is 4.79 Å². The number of rotatable bonds is 1. The first-order valence-corrected chi connectivity index (χ1v) is 5.65. The third-order valence-electron chi connectivity index (χ3n) is 2.93. The van der Waals surface area contributed by atoms with Gasteiger partial charge in [-0.05, 0) is 31.9 Å². The third kappa shape index (κ3) is 2.39. The number of aryl methyl sites for hydroxylation is 1. The predicted octanol–water partition coefficient (Wildman–Crippen LogP) is 0.953. The second kappa shape index (κ2) is 4.61. The zero-order valence-corrected chi connectivity index (χ0v) is 9.52. The Morgan fingerprint density at radius 2 is 2.12 bits per heavy atom. The second-order valence-corrected chi connectivity index (χ2v) is 4.29. The van der Waals surface area contributed by atoms with Gasteiger partial charge in [0.05, 0.1) is 0 Å². The zero-order valence-electron chi connectivity index (χ0n) is 9.52. The van der Waals surface area contributed by atoms with Gasteiger partial charge < -0.3 is 10.6 Å². The van der Waals surface area contributed by atoms with Crippen LogP contribution in [0.25, 0.3) is 0 Å². The number of nitrogens with two attached hydrogens (primary N) is 1. The Morgan fingerprint density at radius 3 is 2.75 bits per heavy atom. The van der Waals surface area contributed by atoms with Crippen LogP contribution in [0.15, 0.2) is 18.2 Å². The maximum absolute atomic E-state index is 12.1. The quantitative estimate of drug-likeness (QED) is 0.765. The zero-order chi connectivity index (χ0) is 11.5. The molecule has 1 aliphatic rings. The molecule has 1 saturated heterocycles. The number of nitrogens with zero attached hydrogens (tertiary/aromatic N) is 2. The predicted molar refractivity (Wildman–Crippen MR) is 62.1 cm³/mol. The van der Waals surface area contributed by atoms with Crippen molar-refractivity contribution >= 4 is 5.91 Å². The fraction of sp³-hybridized carbons (Fsp3) is 0.500. The molecule has 4 nitrogen and oxygen atoms in total. The molecular formula is C12H17N3O. The molecule has 0 atom stereocenters. The lowest BCUT2D eigenvalue weighted by Crippen LogP contribution is -2.43. The maximum atomic E-state index is 12.1. The number of carbonyl (C=O) groups is 1. The minimum atomic E-state index is 0.0237. The van der Waals surface area contributed by atoms with Crippen molar-refractivity contribution in [1.29, 1.82) is 0 Å². The van der Waals surface area contributed by atoms with E-state index in [1.165, 1.54) is 0 Å². The van der Waals surface area contributed by atoms with Crippen LogP contribution in [0, 0.1) is 6.92 Å². The Hall–Kier alpha value is -1.42. The molecule has 86 valence electrons. The Balaban J connectivity index is 2.08. The lowest BCUT2D eigenvalue weighted by molar-refractivity contribution is 0.0708. The van der Waals surface area contributed by atoms with E-state index in [2.05, 4.69) is 4.98 Å². The van der Waals surface area contributed by atoms with E-state index in [0.717, 1.165) is 31.6 Å². The number of hydrogen-bond acceptors (Lipinski definition) is 3. The van der Waals surface area contributed by atoms with E-state index < -0.39 is 0 Å². The summed E-state index contributed by atoms with van der Waals surface area (Å²) in [7, 11) is 0. The third-order valence-corrected chi connectivity index (χ3v) is 2.93. The molecule has 0 saturated carbocycles. The van der Waals surface area contributed by atoms with Crippen LogP contribution in [-0.2, 0) is 0 Å². The molecule has 0 bridgehead atoms. The van der Waals surface area contributed by atoms with Gasteiger partial charge in [-0.15, -0.1) is 0 Å². The van der Waals surface area contributed by atoms with Crippen LogP contribution in [-0.4, -0.2) is 34.9 Å². The highest BCUT2D eigenvalue weighted by Crippen LogP contribution is 2.11. The highest BCUT2D eigenvalue weighted by molar-refractivity contribution is 5.92. The summed E-state index contributed by atoms with van der Waals surface area (Å²) in [5.74, 6) is 0.0237. The van der Waals surface area contributed by atoms with Gasteiger partial charge in [0.2, 0.25) is 0 Å². The number of amides is 1. The van der Waals surface area contributed by atoms with Gasteiger partial charge >= 0.3 is 0 Å². The average Bonchev–Trinajstić information content (AvgIpc) is 2.29. The number of hydrogen-bond donors (Lipinski definition) is 1. The minimum absolute atomic E-state index is 0.0237. The molecule has 1 amide bonds. The van der Waals surface area contributed by atoms with E-state index in [-0.39, 0.29) is 11.9 Å². The molecule has 16 heavy (non-hydrogen) atoms. The molecule has 0 radical (unpaired) electrons. The Kier molecular flexibility index (Phi) is 3.19. The number of pyridine rings is 1.